The summed E-state index contributed by atoms with van der Waals surface area (Å²) in [5, 5.41) is 3.61. The Labute approximate surface area is 158 Å². The second kappa shape index (κ2) is 7.63. The van der Waals surface area contributed by atoms with Crippen LogP contribution in [-0.2, 0) is 4.79 Å². The molecule has 0 aliphatic carbocycles. The summed E-state index contributed by atoms with van der Waals surface area (Å²) < 4.78 is 5.79. The molecule has 0 bridgehead atoms. The lowest BCUT2D eigenvalue weighted by atomic mass is 10.1. The van der Waals surface area contributed by atoms with Crippen molar-refractivity contribution in [1.82, 2.24) is 0 Å². The van der Waals surface area contributed by atoms with E-state index in [2.05, 4.69) is 5.32 Å². The van der Waals surface area contributed by atoms with Crippen molar-refractivity contribution in [3.05, 3.63) is 82.1 Å². The molecule has 3 aromatic rings. The standard InChI is InChI=1S/C22H20ClNO2/c1-14-7-8-17(13-19(14)23)20-11-9-18(26-20)10-12-21(25)24-22-15(2)5-4-6-16(22)3/h4-13H,1-3H3,(H,24,25)/b12-10+. The number of aryl methyl sites for hydroxylation is 3. The van der Waals surface area contributed by atoms with Crippen LogP contribution < -0.4 is 5.32 Å². The Balaban J connectivity index is 1.72. The Morgan fingerprint density at radius 1 is 1.00 bits per heavy atom. The van der Waals surface area contributed by atoms with Gasteiger partial charge in [0, 0.05) is 22.3 Å². The highest BCUT2D eigenvalue weighted by Gasteiger charge is 2.07. The van der Waals surface area contributed by atoms with E-state index in [-0.39, 0.29) is 5.91 Å². The van der Waals surface area contributed by atoms with E-state index in [9.17, 15) is 4.79 Å². The fraction of sp³-hybridized carbons (Fsp3) is 0.136. The number of anilines is 1. The molecule has 1 N–H and O–H groups in total. The number of rotatable bonds is 4. The zero-order chi connectivity index (χ0) is 18.7. The first-order chi connectivity index (χ1) is 12.4. The van der Waals surface area contributed by atoms with Gasteiger partial charge in [-0.05, 0) is 61.7 Å². The summed E-state index contributed by atoms with van der Waals surface area (Å²) >= 11 is 6.17. The lowest BCUT2D eigenvalue weighted by Gasteiger charge is -2.09. The lowest BCUT2D eigenvalue weighted by Crippen LogP contribution is -2.10. The van der Waals surface area contributed by atoms with E-state index >= 15 is 0 Å². The Morgan fingerprint density at radius 3 is 2.42 bits per heavy atom. The van der Waals surface area contributed by atoms with Crippen molar-refractivity contribution >= 4 is 29.3 Å². The molecule has 26 heavy (non-hydrogen) atoms. The van der Waals surface area contributed by atoms with Crippen LogP contribution in [0.5, 0.6) is 0 Å². The van der Waals surface area contributed by atoms with Crippen molar-refractivity contribution in [3.8, 4) is 11.3 Å². The Bertz CT molecular complexity index is 965. The number of hydrogen-bond donors (Lipinski definition) is 1. The third-order valence-corrected chi connectivity index (χ3v) is 4.62. The van der Waals surface area contributed by atoms with Gasteiger partial charge in [0.25, 0.3) is 0 Å². The van der Waals surface area contributed by atoms with E-state index in [4.69, 9.17) is 16.0 Å². The molecule has 0 unspecified atom stereocenters. The third-order valence-electron chi connectivity index (χ3n) is 4.21. The van der Waals surface area contributed by atoms with Crippen LogP contribution in [0.2, 0.25) is 5.02 Å². The Hall–Kier alpha value is -2.78. The first-order valence-corrected chi connectivity index (χ1v) is 8.73. The maximum absolute atomic E-state index is 12.2. The zero-order valence-electron chi connectivity index (χ0n) is 15.0. The normalized spacial score (nSPS) is 11.1. The Morgan fingerprint density at radius 2 is 1.73 bits per heavy atom. The third kappa shape index (κ3) is 4.06. The molecule has 0 aliphatic rings. The van der Waals surface area contributed by atoms with E-state index in [1.807, 2.05) is 69.3 Å². The van der Waals surface area contributed by atoms with Crippen molar-refractivity contribution in [2.24, 2.45) is 0 Å². The minimum atomic E-state index is -0.196. The smallest absolute Gasteiger partial charge is 0.248 e. The van der Waals surface area contributed by atoms with Crippen LogP contribution in [0.25, 0.3) is 17.4 Å². The second-order valence-electron chi connectivity index (χ2n) is 6.26. The lowest BCUT2D eigenvalue weighted by molar-refractivity contribution is -0.111. The molecule has 1 amide bonds. The summed E-state index contributed by atoms with van der Waals surface area (Å²) in [6.07, 6.45) is 3.12. The van der Waals surface area contributed by atoms with Crippen LogP contribution in [0.4, 0.5) is 5.69 Å². The van der Waals surface area contributed by atoms with Gasteiger partial charge in [0.05, 0.1) is 0 Å². The summed E-state index contributed by atoms with van der Waals surface area (Å²) in [6, 6.07) is 15.4. The number of carbonyl (C=O) groups excluding carboxylic acids is 1. The first-order valence-electron chi connectivity index (χ1n) is 8.35. The van der Waals surface area contributed by atoms with Crippen LogP contribution in [0.3, 0.4) is 0 Å². The fourth-order valence-corrected chi connectivity index (χ4v) is 2.86. The number of benzene rings is 2. The summed E-state index contributed by atoms with van der Waals surface area (Å²) in [7, 11) is 0. The molecule has 0 radical (unpaired) electrons. The van der Waals surface area contributed by atoms with Gasteiger partial charge in [0.15, 0.2) is 0 Å². The van der Waals surface area contributed by atoms with Gasteiger partial charge in [0.1, 0.15) is 11.5 Å². The van der Waals surface area contributed by atoms with Crippen LogP contribution in [0.1, 0.15) is 22.5 Å². The van der Waals surface area contributed by atoms with E-state index in [1.165, 1.54) is 6.08 Å². The highest BCUT2D eigenvalue weighted by atomic mass is 35.5. The predicted molar refractivity (Wildman–Crippen MR) is 107 cm³/mol. The van der Waals surface area contributed by atoms with Gasteiger partial charge in [-0.25, -0.2) is 0 Å². The molecular formula is C22H20ClNO2. The molecule has 3 rings (SSSR count). The number of nitrogens with one attached hydrogen (secondary N) is 1. The molecule has 1 heterocycles. The van der Waals surface area contributed by atoms with Gasteiger partial charge < -0.3 is 9.73 Å². The topological polar surface area (TPSA) is 42.2 Å². The minimum absolute atomic E-state index is 0.196. The molecule has 0 aliphatic heterocycles. The van der Waals surface area contributed by atoms with Crippen molar-refractivity contribution in [1.29, 1.82) is 0 Å². The monoisotopic (exact) mass is 365 g/mol. The summed E-state index contributed by atoms with van der Waals surface area (Å²) in [6.45, 7) is 5.90. The summed E-state index contributed by atoms with van der Waals surface area (Å²) in [5.74, 6) is 1.12. The van der Waals surface area contributed by atoms with Crippen molar-refractivity contribution in [3.63, 3.8) is 0 Å². The molecule has 0 spiro atoms. The SMILES string of the molecule is Cc1ccc(-c2ccc(/C=C/C(=O)Nc3c(C)cccc3C)o2)cc1Cl. The molecule has 3 nitrogen and oxygen atoms in total. The largest absolute Gasteiger partial charge is 0.457 e. The van der Waals surface area contributed by atoms with Gasteiger partial charge >= 0.3 is 0 Å². The van der Waals surface area contributed by atoms with Gasteiger partial charge in [-0.1, -0.05) is 41.9 Å². The van der Waals surface area contributed by atoms with Crippen LogP contribution in [-0.4, -0.2) is 5.91 Å². The molecule has 1 aromatic heterocycles. The predicted octanol–water partition coefficient (Wildman–Crippen LogP) is 6.18. The highest BCUT2D eigenvalue weighted by Crippen LogP contribution is 2.27. The maximum atomic E-state index is 12.2. The van der Waals surface area contributed by atoms with Gasteiger partial charge in [-0.3, -0.25) is 4.79 Å². The highest BCUT2D eigenvalue weighted by molar-refractivity contribution is 6.31. The minimum Gasteiger partial charge on any atom is -0.457 e. The van der Waals surface area contributed by atoms with Crippen LogP contribution in [0, 0.1) is 20.8 Å². The molecule has 0 fully saturated rings. The Kier molecular flexibility index (Phi) is 5.29. The van der Waals surface area contributed by atoms with E-state index in [0.717, 1.165) is 27.9 Å². The van der Waals surface area contributed by atoms with E-state index in [1.54, 1.807) is 6.08 Å². The first kappa shape index (κ1) is 18.0. The van der Waals surface area contributed by atoms with Crippen LogP contribution >= 0.6 is 11.6 Å². The van der Waals surface area contributed by atoms with Crippen LogP contribution in [0.15, 0.2) is 59.0 Å². The average molecular weight is 366 g/mol. The molecule has 0 atom stereocenters. The number of carbonyl (C=O) groups is 1. The molecule has 0 saturated carbocycles. The molecule has 132 valence electrons. The fourth-order valence-electron chi connectivity index (χ4n) is 2.68. The van der Waals surface area contributed by atoms with E-state index < -0.39 is 0 Å². The summed E-state index contributed by atoms with van der Waals surface area (Å²) in [5.41, 5.74) is 4.83. The number of halogens is 1. The van der Waals surface area contributed by atoms with Crippen molar-refractivity contribution in [2.45, 2.75) is 20.8 Å². The molecule has 4 heteroatoms. The summed E-state index contributed by atoms with van der Waals surface area (Å²) in [4.78, 5) is 12.2. The molecule has 0 saturated heterocycles. The van der Waals surface area contributed by atoms with Gasteiger partial charge in [0.2, 0.25) is 5.91 Å². The van der Waals surface area contributed by atoms with Crippen molar-refractivity contribution in [2.75, 3.05) is 5.32 Å². The van der Waals surface area contributed by atoms with E-state index in [0.29, 0.717) is 16.5 Å². The number of para-hydroxylation sites is 1. The second-order valence-corrected chi connectivity index (χ2v) is 6.66. The zero-order valence-corrected chi connectivity index (χ0v) is 15.7. The van der Waals surface area contributed by atoms with Crippen molar-refractivity contribution < 1.29 is 9.21 Å². The van der Waals surface area contributed by atoms with Gasteiger partial charge in [-0.2, -0.15) is 0 Å². The van der Waals surface area contributed by atoms with Gasteiger partial charge in [-0.15, -0.1) is 0 Å². The number of hydrogen-bond acceptors (Lipinski definition) is 2. The number of furan rings is 1. The number of amides is 1. The molecule has 2 aromatic carbocycles. The quantitative estimate of drug-likeness (QED) is 0.561. The maximum Gasteiger partial charge on any atom is 0.248 e. The molecular weight excluding hydrogens is 346 g/mol. The average Bonchev–Trinajstić information content (AvgIpc) is 3.08.